The van der Waals surface area contributed by atoms with E-state index < -0.39 is 0 Å². The van der Waals surface area contributed by atoms with Crippen LogP contribution in [0.25, 0.3) is 10.9 Å². The minimum absolute atomic E-state index is 0.0145. The van der Waals surface area contributed by atoms with Crippen LogP contribution in [-0.2, 0) is 0 Å². The number of carbonyl (C=O) groups excluding carboxylic acids is 1. The lowest BCUT2D eigenvalue weighted by molar-refractivity contribution is 0.0936. The maximum Gasteiger partial charge on any atom is 0.268 e. The maximum atomic E-state index is 12.3. The fourth-order valence-electron chi connectivity index (χ4n) is 2.11. The highest BCUT2D eigenvalue weighted by Gasteiger charge is 2.14. The van der Waals surface area contributed by atoms with Crippen LogP contribution < -0.4 is 5.32 Å². The van der Waals surface area contributed by atoms with Crippen LogP contribution in [0.15, 0.2) is 46.3 Å². The molecule has 0 aliphatic carbocycles. The lowest BCUT2D eigenvalue weighted by atomic mass is 10.2. The van der Waals surface area contributed by atoms with Gasteiger partial charge in [-0.05, 0) is 42.6 Å². The van der Waals surface area contributed by atoms with E-state index in [4.69, 9.17) is 0 Å². The summed E-state index contributed by atoms with van der Waals surface area (Å²) in [6.45, 7) is 1.99. The number of rotatable bonds is 3. The van der Waals surface area contributed by atoms with E-state index in [1.807, 2.05) is 48.7 Å². The second-order valence-corrected chi connectivity index (χ2v) is 6.52. The highest BCUT2D eigenvalue weighted by Crippen LogP contribution is 2.22. The molecule has 0 aliphatic heterocycles. The second-order valence-electron chi connectivity index (χ2n) is 4.63. The van der Waals surface area contributed by atoms with Gasteiger partial charge in [0.1, 0.15) is 5.69 Å². The molecule has 102 valence electrons. The van der Waals surface area contributed by atoms with Crippen molar-refractivity contribution in [1.82, 2.24) is 10.3 Å². The van der Waals surface area contributed by atoms with E-state index in [9.17, 15) is 4.79 Å². The van der Waals surface area contributed by atoms with Crippen molar-refractivity contribution in [3.63, 3.8) is 0 Å². The molecule has 0 spiro atoms. The van der Waals surface area contributed by atoms with Gasteiger partial charge in [-0.2, -0.15) is 0 Å². The summed E-state index contributed by atoms with van der Waals surface area (Å²) < 4.78 is 1.00. The van der Waals surface area contributed by atoms with Crippen LogP contribution in [0.3, 0.4) is 0 Å². The number of carbonyl (C=O) groups is 1. The van der Waals surface area contributed by atoms with E-state index >= 15 is 0 Å². The third kappa shape index (κ3) is 2.64. The molecule has 0 bridgehead atoms. The van der Waals surface area contributed by atoms with Crippen molar-refractivity contribution in [3.8, 4) is 0 Å². The molecule has 5 heteroatoms. The molecule has 0 saturated carbocycles. The van der Waals surface area contributed by atoms with Gasteiger partial charge in [-0.25, -0.2) is 0 Å². The van der Waals surface area contributed by atoms with Gasteiger partial charge >= 0.3 is 0 Å². The molecular formula is C15H13BrN2OS. The van der Waals surface area contributed by atoms with Gasteiger partial charge in [-0.15, -0.1) is 11.3 Å². The fraction of sp³-hybridized carbons (Fsp3) is 0.133. The van der Waals surface area contributed by atoms with Crippen molar-refractivity contribution < 1.29 is 4.79 Å². The third-order valence-electron chi connectivity index (χ3n) is 3.14. The average Bonchev–Trinajstić information content (AvgIpc) is 3.07. The quantitative estimate of drug-likeness (QED) is 0.719. The van der Waals surface area contributed by atoms with Gasteiger partial charge in [0.2, 0.25) is 0 Å². The molecule has 1 aromatic carbocycles. The molecule has 1 unspecified atom stereocenters. The lowest BCUT2D eigenvalue weighted by Gasteiger charge is -2.10. The van der Waals surface area contributed by atoms with Gasteiger partial charge in [-0.3, -0.25) is 4.79 Å². The molecule has 2 heterocycles. The molecule has 1 atom stereocenters. The molecule has 3 aromatic rings. The molecule has 0 radical (unpaired) electrons. The number of benzene rings is 1. The first-order valence-corrected chi connectivity index (χ1v) is 7.93. The normalized spacial score (nSPS) is 12.5. The SMILES string of the molecule is CC(NC(=O)c1cc2cc(Br)ccc2[nH]1)c1cccs1. The van der Waals surface area contributed by atoms with Crippen molar-refractivity contribution in [3.05, 3.63) is 56.8 Å². The predicted octanol–water partition coefficient (Wildman–Crippen LogP) is 4.48. The van der Waals surface area contributed by atoms with Crippen LogP contribution in [0.5, 0.6) is 0 Å². The first-order chi connectivity index (χ1) is 9.63. The van der Waals surface area contributed by atoms with Crippen LogP contribution in [0.2, 0.25) is 0 Å². The Labute approximate surface area is 129 Å². The van der Waals surface area contributed by atoms with Crippen LogP contribution >= 0.6 is 27.3 Å². The first-order valence-electron chi connectivity index (χ1n) is 6.26. The van der Waals surface area contributed by atoms with Crippen LogP contribution in [0.4, 0.5) is 0 Å². The number of aromatic amines is 1. The summed E-state index contributed by atoms with van der Waals surface area (Å²) in [6.07, 6.45) is 0. The summed E-state index contributed by atoms with van der Waals surface area (Å²) in [5.41, 5.74) is 1.55. The minimum atomic E-state index is -0.0850. The van der Waals surface area contributed by atoms with Gasteiger partial charge < -0.3 is 10.3 Å². The number of halogens is 1. The summed E-state index contributed by atoms with van der Waals surface area (Å²) in [5, 5.41) is 6.04. The zero-order valence-electron chi connectivity index (χ0n) is 10.8. The highest BCUT2D eigenvalue weighted by atomic mass is 79.9. The Bertz CT molecular complexity index is 748. The van der Waals surface area contributed by atoms with E-state index in [1.165, 1.54) is 0 Å². The first kappa shape index (κ1) is 13.4. The summed E-state index contributed by atoms with van der Waals surface area (Å²) in [5.74, 6) is -0.0850. The number of amides is 1. The number of nitrogens with one attached hydrogen (secondary N) is 2. The molecule has 0 fully saturated rings. The van der Waals surface area contributed by atoms with Crippen molar-refractivity contribution in [1.29, 1.82) is 0 Å². The smallest absolute Gasteiger partial charge is 0.268 e. The zero-order chi connectivity index (χ0) is 14.1. The van der Waals surface area contributed by atoms with Crippen molar-refractivity contribution >= 4 is 44.1 Å². The van der Waals surface area contributed by atoms with Gasteiger partial charge in [0.05, 0.1) is 6.04 Å². The topological polar surface area (TPSA) is 44.9 Å². The maximum absolute atomic E-state index is 12.3. The highest BCUT2D eigenvalue weighted by molar-refractivity contribution is 9.10. The molecule has 2 aromatic heterocycles. The number of aromatic nitrogens is 1. The lowest BCUT2D eigenvalue weighted by Crippen LogP contribution is -2.26. The van der Waals surface area contributed by atoms with E-state index in [-0.39, 0.29) is 11.9 Å². The third-order valence-corrected chi connectivity index (χ3v) is 4.69. The second kappa shape index (κ2) is 5.42. The van der Waals surface area contributed by atoms with Crippen LogP contribution in [0, 0.1) is 0 Å². The summed E-state index contributed by atoms with van der Waals surface area (Å²) in [4.78, 5) is 16.5. The Morgan fingerprint density at radius 1 is 1.35 bits per heavy atom. The number of thiophene rings is 1. The average molecular weight is 349 g/mol. The fourth-order valence-corrected chi connectivity index (χ4v) is 3.22. The van der Waals surface area contributed by atoms with E-state index in [2.05, 4.69) is 26.2 Å². The molecule has 0 saturated heterocycles. The molecule has 2 N–H and O–H groups in total. The van der Waals surface area contributed by atoms with Gasteiger partial charge in [0.15, 0.2) is 0 Å². The van der Waals surface area contributed by atoms with E-state index in [0.29, 0.717) is 5.69 Å². The molecule has 3 rings (SSSR count). The summed E-state index contributed by atoms with van der Waals surface area (Å²) in [6, 6.07) is 11.8. The Kier molecular flexibility index (Phi) is 3.63. The predicted molar refractivity (Wildman–Crippen MR) is 86.2 cm³/mol. The molecule has 20 heavy (non-hydrogen) atoms. The van der Waals surface area contributed by atoms with Crippen molar-refractivity contribution in [2.45, 2.75) is 13.0 Å². The number of hydrogen-bond acceptors (Lipinski definition) is 2. The standard InChI is InChI=1S/C15H13BrN2OS/c1-9(14-3-2-6-20-14)17-15(19)13-8-10-7-11(16)4-5-12(10)18-13/h2-9,18H,1H3,(H,17,19). The number of fused-ring (bicyclic) bond motifs is 1. The largest absolute Gasteiger partial charge is 0.351 e. The molecule has 1 amide bonds. The molecule has 3 nitrogen and oxygen atoms in total. The molecule has 0 aliphatic rings. The van der Waals surface area contributed by atoms with E-state index in [1.54, 1.807) is 11.3 Å². The monoisotopic (exact) mass is 348 g/mol. The minimum Gasteiger partial charge on any atom is -0.351 e. The Morgan fingerprint density at radius 2 is 2.20 bits per heavy atom. The number of hydrogen-bond donors (Lipinski definition) is 2. The Balaban J connectivity index is 1.82. The van der Waals surface area contributed by atoms with Crippen LogP contribution in [0.1, 0.15) is 28.3 Å². The summed E-state index contributed by atoms with van der Waals surface area (Å²) >= 11 is 5.08. The van der Waals surface area contributed by atoms with Gasteiger partial charge in [0.25, 0.3) is 5.91 Å². The Morgan fingerprint density at radius 3 is 2.95 bits per heavy atom. The van der Waals surface area contributed by atoms with Crippen molar-refractivity contribution in [2.75, 3.05) is 0 Å². The summed E-state index contributed by atoms with van der Waals surface area (Å²) in [7, 11) is 0. The Hall–Kier alpha value is -1.59. The molecular weight excluding hydrogens is 336 g/mol. The zero-order valence-corrected chi connectivity index (χ0v) is 13.2. The van der Waals surface area contributed by atoms with E-state index in [0.717, 1.165) is 20.3 Å². The van der Waals surface area contributed by atoms with Crippen molar-refractivity contribution in [2.24, 2.45) is 0 Å². The van der Waals surface area contributed by atoms with Crippen LogP contribution in [-0.4, -0.2) is 10.9 Å². The number of H-pyrrole nitrogens is 1. The van der Waals surface area contributed by atoms with Gasteiger partial charge in [-0.1, -0.05) is 22.0 Å². The van der Waals surface area contributed by atoms with Gasteiger partial charge in [0, 0.05) is 20.3 Å².